The van der Waals surface area contributed by atoms with Crippen molar-refractivity contribution in [1.82, 2.24) is 46.9 Å². The Bertz CT molecular complexity index is 1990. The number of aromatic amines is 2. The second kappa shape index (κ2) is 19.6. The molecule has 0 fully saturated rings. The molecule has 54 heavy (non-hydrogen) atoms. The van der Waals surface area contributed by atoms with Crippen LogP contribution in [-0.4, -0.2) is 91.5 Å². The van der Waals surface area contributed by atoms with Gasteiger partial charge < -0.3 is 36.7 Å². The number of primary amides is 1. The van der Waals surface area contributed by atoms with E-state index in [9.17, 15) is 24.0 Å². The van der Waals surface area contributed by atoms with Gasteiger partial charge in [-0.1, -0.05) is 78.9 Å². The van der Waals surface area contributed by atoms with E-state index in [2.05, 4.69) is 46.9 Å². The molecule has 0 radical (unpaired) electrons. The summed E-state index contributed by atoms with van der Waals surface area (Å²) in [5.41, 5.74) is 8.79. The predicted molar refractivity (Wildman–Crippen MR) is 202 cm³/mol. The van der Waals surface area contributed by atoms with Crippen molar-refractivity contribution in [3.8, 4) is 0 Å². The number of alkyl carbamates (subject to hydrolysis) is 1. The van der Waals surface area contributed by atoms with Crippen molar-refractivity contribution >= 4 is 52.4 Å². The van der Waals surface area contributed by atoms with Gasteiger partial charge in [-0.05, 0) is 51.6 Å². The third-order valence-electron chi connectivity index (χ3n) is 8.53. The number of tetrazole rings is 1. The molecule has 0 aliphatic rings. The number of para-hydroxylation sites is 1. The highest BCUT2D eigenvalue weighted by molar-refractivity contribution is 7.98. The summed E-state index contributed by atoms with van der Waals surface area (Å²) in [6, 6.07) is 21.0. The average Bonchev–Trinajstić information content (AvgIpc) is 3.85. The minimum absolute atomic E-state index is 0.0149. The molecule has 0 aliphatic heterocycles. The molecule has 2 heterocycles. The van der Waals surface area contributed by atoms with Gasteiger partial charge >= 0.3 is 6.09 Å². The van der Waals surface area contributed by atoms with Crippen LogP contribution in [0.1, 0.15) is 28.9 Å². The normalized spacial score (nSPS) is 13.2. The minimum atomic E-state index is -1.27. The first-order valence-electron chi connectivity index (χ1n) is 17.2. The number of amides is 5. The molecule has 2 aromatic heterocycles. The van der Waals surface area contributed by atoms with E-state index < -0.39 is 53.9 Å². The molecule has 0 spiro atoms. The second-order valence-electron chi connectivity index (χ2n) is 12.4. The molecule has 5 amide bonds. The molecule has 0 unspecified atom stereocenters. The number of hydrogen-bond donors (Lipinski definition) is 7. The van der Waals surface area contributed by atoms with E-state index in [0.29, 0.717) is 5.75 Å². The molecule has 282 valence electrons. The third kappa shape index (κ3) is 11.4. The zero-order valence-electron chi connectivity index (χ0n) is 29.5. The van der Waals surface area contributed by atoms with E-state index in [1.54, 1.807) is 30.5 Å². The number of aromatic nitrogens is 5. The molecule has 8 N–H and O–H groups in total. The van der Waals surface area contributed by atoms with Gasteiger partial charge in [-0.3, -0.25) is 19.2 Å². The summed E-state index contributed by atoms with van der Waals surface area (Å²) in [6.45, 7) is -0.0149. The number of nitrogens with one attached hydrogen (secondary N) is 6. The Kier molecular flexibility index (Phi) is 14.1. The number of rotatable bonds is 19. The number of fused-ring (bicyclic) bond motifs is 1. The van der Waals surface area contributed by atoms with Crippen molar-refractivity contribution in [2.45, 2.75) is 56.5 Å². The van der Waals surface area contributed by atoms with Gasteiger partial charge in [0.1, 0.15) is 30.8 Å². The lowest BCUT2D eigenvalue weighted by Crippen LogP contribution is -2.59. The number of thioether (sulfide) groups is 1. The van der Waals surface area contributed by atoms with Crippen LogP contribution in [0.3, 0.4) is 0 Å². The number of carbonyl (C=O) groups excluding carboxylic acids is 5. The van der Waals surface area contributed by atoms with Gasteiger partial charge in [0.15, 0.2) is 5.82 Å². The largest absolute Gasteiger partial charge is 0.445 e. The molecule has 3 aromatic carbocycles. The van der Waals surface area contributed by atoms with E-state index in [1.807, 2.05) is 66.9 Å². The lowest BCUT2D eigenvalue weighted by Gasteiger charge is -2.26. The fourth-order valence-corrected chi connectivity index (χ4v) is 6.17. The first-order chi connectivity index (χ1) is 26.2. The van der Waals surface area contributed by atoms with Gasteiger partial charge in [-0.25, -0.2) is 9.89 Å². The fourth-order valence-electron chi connectivity index (χ4n) is 5.70. The number of carbonyl (C=O) groups is 5. The van der Waals surface area contributed by atoms with Crippen LogP contribution in [-0.2, 0) is 49.8 Å². The Labute approximate surface area is 315 Å². The Morgan fingerprint density at radius 1 is 0.741 bits per heavy atom. The zero-order valence-corrected chi connectivity index (χ0v) is 30.3. The lowest BCUT2D eigenvalue weighted by atomic mass is 10.0. The van der Waals surface area contributed by atoms with E-state index in [1.165, 1.54) is 11.8 Å². The quantitative estimate of drug-likeness (QED) is 0.0644. The molecule has 4 atom stereocenters. The highest BCUT2D eigenvalue weighted by atomic mass is 32.2. The SMILES string of the molecule is CSCC[C@H](NC(=O)[C@H](Cc1c[nH]c2ccccc12)NC(=O)OCc1ccccc1)C(=O)N[C@@H](Cc1nnn[nH]1)C(=O)N[C@@H](Cc1ccccc1)C(N)=O. The smallest absolute Gasteiger partial charge is 0.408 e. The van der Waals surface area contributed by atoms with Crippen molar-refractivity contribution in [3.05, 3.63) is 114 Å². The maximum atomic E-state index is 14.0. The fraction of sp³-hybridized carbons (Fsp3) is 0.297. The van der Waals surface area contributed by atoms with Crippen molar-refractivity contribution in [1.29, 1.82) is 0 Å². The van der Waals surface area contributed by atoms with Gasteiger partial charge in [0.25, 0.3) is 0 Å². The Hall–Kier alpha value is -6.23. The second-order valence-corrected chi connectivity index (χ2v) is 13.4. The maximum Gasteiger partial charge on any atom is 0.408 e. The van der Waals surface area contributed by atoms with E-state index in [-0.39, 0.29) is 38.1 Å². The van der Waals surface area contributed by atoms with Crippen LogP contribution in [0.4, 0.5) is 4.79 Å². The molecule has 0 aliphatic carbocycles. The van der Waals surface area contributed by atoms with Crippen LogP contribution in [0.5, 0.6) is 0 Å². The molecule has 16 nitrogen and oxygen atoms in total. The first kappa shape index (κ1) is 39.0. The average molecular weight is 755 g/mol. The van der Waals surface area contributed by atoms with Crippen LogP contribution >= 0.6 is 11.8 Å². The highest BCUT2D eigenvalue weighted by Crippen LogP contribution is 2.19. The Morgan fingerprint density at radius 2 is 1.35 bits per heavy atom. The van der Waals surface area contributed by atoms with Crippen LogP contribution in [0, 0.1) is 0 Å². The summed E-state index contributed by atoms with van der Waals surface area (Å²) in [6.07, 6.45) is 3.02. The predicted octanol–water partition coefficient (Wildman–Crippen LogP) is 1.70. The summed E-state index contributed by atoms with van der Waals surface area (Å²) in [7, 11) is 0. The Balaban J connectivity index is 1.33. The van der Waals surface area contributed by atoms with Crippen molar-refractivity contribution < 1.29 is 28.7 Å². The van der Waals surface area contributed by atoms with E-state index >= 15 is 0 Å². The van der Waals surface area contributed by atoms with Crippen molar-refractivity contribution in [3.63, 3.8) is 0 Å². The molecule has 5 rings (SSSR count). The van der Waals surface area contributed by atoms with Crippen LogP contribution < -0.4 is 27.0 Å². The van der Waals surface area contributed by atoms with Gasteiger partial charge in [0.2, 0.25) is 23.6 Å². The number of hydrogen-bond acceptors (Lipinski definition) is 10. The third-order valence-corrected chi connectivity index (χ3v) is 9.17. The van der Waals surface area contributed by atoms with Gasteiger partial charge in [0, 0.05) is 36.4 Å². The monoisotopic (exact) mass is 754 g/mol. The summed E-state index contributed by atoms with van der Waals surface area (Å²) in [5, 5.41) is 25.2. The standard InChI is InChI=1S/C37H42N10O6S/c1-54-17-16-28(34(49)42-31(20-32-44-46-47-45-32)36(51)41-29(33(38)48)18-23-10-4-2-5-11-23)40-35(50)30(19-25-21-39-27-15-9-8-14-26(25)27)43-37(52)53-22-24-12-6-3-7-13-24/h2-15,21,28-31,39H,16-20,22H2,1H3,(H2,38,48)(H,40,50)(H,41,51)(H,42,49)(H,43,52)(H,44,45,46,47)/t28-,29-,30-,31-/m0/s1. The summed E-state index contributed by atoms with van der Waals surface area (Å²) in [5.74, 6) is -2.14. The number of nitrogens with zero attached hydrogens (tertiary/aromatic N) is 3. The lowest BCUT2D eigenvalue weighted by molar-refractivity contribution is -0.133. The topological polar surface area (TPSA) is 239 Å². The maximum absolute atomic E-state index is 14.0. The number of ether oxygens (including phenoxy) is 1. The molecule has 5 aromatic rings. The van der Waals surface area contributed by atoms with Crippen LogP contribution in [0.25, 0.3) is 10.9 Å². The molecule has 0 saturated carbocycles. The summed E-state index contributed by atoms with van der Waals surface area (Å²) in [4.78, 5) is 70.2. The van der Waals surface area contributed by atoms with Gasteiger partial charge in [0.05, 0.1) is 0 Å². The van der Waals surface area contributed by atoms with Crippen molar-refractivity contribution in [2.75, 3.05) is 12.0 Å². The van der Waals surface area contributed by atoms with E-state index in [0.717, 1.165) is 27.6 Å². The van der Waals surface area contributed by atoms with Crippen molar-refractivity contribution in [2.24, 2.45) is 5.73 Å². The van der Waals surface area contributed by atoms with Gasteiger partial charge in [-0.2, -0.15) is 11.8 Å². The highest BCUT2D eigenvalue weighted by Gasteiger charge is 2.32. The summed E-state index contributed by atoms with van der Waals surface area (Å²) >= 11 is 1.46. The van der Waals surface area contributed by atoms with E-state index in [4.69, 9.17) is 10.5 Å². The molecule has 0 saturated heterocycles. The van der Waals surface area contributed by atoms with Crippen LogP contribution in [0.15, 0.2) is 91.1 Å². The Morgan fingerprint density at radius 3 is 2.02 bits per heavy atom. The minimum Gasteiger partial charge on any atom is -0.445 e. The molecular weight excluding hydrogens is 713 g/mol. The molecule has 0 bridgehead atoms. The first-order valence-corrected chi connectivity index (χ1v) is 18.6. The van der Waals surface area contributed by atoms with Crippen LogP contribution in [0.2, 0.25) is 0 Å². The number of nitrogens with two attached hydrogens (primary N) is 1. The molecule has 17 heteroatoms. The van der Waals surface area contributed by atoms with Gasteiger partial charge in [-0.15, -0.1) is 5.10 Å². The summed E-state index contributed by atoms with van der Waals surface area (Å²) < 4.78 is 5.43. The number of H-pyrrole nitrogens is 2. The zero-order chi connectivity index (χ0) is 38.3. The molecular formula is C37H42N10O6S. The number of benzene rings is 3.